The summed E-state index contributed by atoms with van der Waals surface area (Å²) in [6.45, 7) is 2.04. The summed E-state index contributed by atoms with van der Waals surface area (Å²) in [5, 5.41) is 4.89. The van der Waals surface area contributed by atoms with E-state index in [0.29, 0.717) is 0 Å². The first kappa shape index (κ1) is 17.5. The van der Waals surface area contributed by atoms with Crippen LogP contribution in [0.5, 0.6) is 5.75 Å². The lowest BCUT2D eigenvalue weighted by atomic mass is 9.97. The van der Waals surface area contributed by atoms with Gasteiger partial charge in [-0.15, -0.1) is 0 Å². The summed E-state index contributed by atoms with van der Waals surface area (Å²) >= 11 is 0. The summed E-state index contributed by atoms with van der Waals surface area (Å²) in [6.07, 6.45) is 2.42. The van der Waals surface area contributed by atoms with Gasteiger partial charge in [0.25, 0.3) is 0 Å². The Balaban J connectivity index is 1.70. The summed E-state index contributed by atoms with van der Waals surface area (Å²) < 4.78 is 13.0. The van der Waals surface area contributed by atoms with Crippen molar-refractivity contribution in [1.82, 2.24) is 9.78 Å². The van der Waals surface area contributed by atoms with Gasteiger partial charge in [0.05, 0.1) is 30.8 Å². The van der Waals surface area contributed by atoms with E-state index in [-0.39, 0.29) is 6.04 Å². The molecule has 1 aliphatic rings. The topological polar surface area (TPSA) is 52.5 Å². The Morgan fingerprint density at radius 3 is 2.48 bits per heavy atom. The molecule has 2 aromatic carbocycles. The zero-order valence-corrected chi connectivity index (χ0v) is 16.4. The Labute approximate surface area is 169 Å². The molecule has 4 aromatic rings. The minimum absolute atomic E-state index is 0.0644. The molecule has 0 saturated heterocycles. The molecular weight excluding hydrogens is 362 g/mol. The number of aryl methyl sites for hydroxylation is 1. The lowest BCUT2D eigenvalue weighted by Gasteiger charge is -2.24. The predicted octanol–water partition coefficient (Wildman–Crippen LogP) is 5.57. The number of aliphatic imine (C=N–C) groups is 1. The second-order valence-corrected chi connectivity index (χ2v) is 7.12. The van der Waals surface area contributed by atoms with Crippen molar-refractivity contribution >= 4 is 11.5 Å². The van der Waals surface area contributed by atoms with E-state index in [1.54, 1.807) is 13.4 Å². The number of hydrogen-bond acceptors (Lipinski definition) is 4. The van der Waals surface area contributed by atoms with E-state index >= 15 is 0 Å². The van der Waals surface area contributed by atoms with Gasteiger partial charge in [-0.25, -0.2) is 9.67 Å². The van der Waals surface area contributed by atoms with Crippen LogP contribution in [-0.2, 0) is 0 Å². The second-order valence-electron chi connectivity index (χ2n) is 7.12. The molecule has 0 aliphatic carbocycles. The third kappa shape index (κ3) is 3.05. The first-order chi connectivity index (χ1) is 14.2. The monoisotopic (exact) mass is 383 g/mol. The van der Waals surface area contributed by atoms with E-state index < -0.39 is 0 Å². The molecule has 0 amide bonds. The van der Waals surface area contributed by atoms with Crippen molar-refractivity contribution in [3.8, 4) is 16.9 Å². The van der Waals surface area contributed by atoms with Crippen LogP contribution in [0.3, 0.4) is 0 Å². The molecule has 0 bridgehead atoms. The predicted molar refractivity (Wildman–Crippen MR) is 113 cm³/mol. The fourth-order valence-electron chi connectivity index (χ4n) is 3.93. The molecule has 0 unspecified atom stereocenters. The van der Waals surface area contributed by atoms with Crippen LogP contribution in [0.4, 0.5) is 5.82 Å². The molecule has 0 spiro atoms. The number of fused-ring (bicyclic) bond motifs is 1. The van der Waals surface area contributed by atoms with Gasteiger partial charge in [-0.2, -0.15) is 5.10 Å². The van der Waals surface area contributed by atoms with Gasteiger partial charge in [0.15, 0.2) is 5.82 Å². The molecule has 1 aliphatic heterocycles. The fraction of sp³-hybridized carbons (Fsp3) is 0.167. The fourth-order valence-corrected chi connectivity index (χ4v) is 3.93. The summed E-state index contributed by atoms with van der Waals surface area (Å²) in [5.41, 5.74) is 5.20. The number of aromatic nitrogens is 2. The highest BCUT2D eigenvalue weighted by molar-refractivity contribution is 6.02. The maximum Gasteiger partial charge on any atom is 0.159 e. The Morgan fingerprint density at radius 2 is 1.79 bits per heavy atom. The lowest BCUT2D eigenvalue weighted by molar-refractivity contribution is 0.415. The van der Waals surface area contributed by atoms with Gasteiger partial charge in [-0.3, -0.25) is 0 Å². The van der Waals surface area contributed by atoms with Crippen LogP contribution in [0, 0.1) is 6.92 Å². The van der Waals surface area contributed by atoms with Crippen molar-refractivity contribution in [2.45, 2.75) is 19.4 Å². The van der Waals surface area contributed by atoms with Crippen molar-refractivity contribution in [1.29, 1.82) is 0 Å². The van der Waals surface area contributed by atoms with E-state index in [1.165, 1.54) is 5.56 Å². The van der Waals surface area contributed by atoms with Crippen LogP contribution in [0.2, 0.25) is 0 Å². The van der Waals surface area contributed by atoms with Gasteiger partial charge in [0, 0.05) is 12.0 Å². The number of furan rings is 1. The molecular formula is C24H21N3O2. The molecule has 0 fully saturated rings. The minimum Gasteiger partial charge on any atom is -0.497 e. The van der Waals surface area contributed by atoms with Crippen LogP contribution in [0.15, 0.2) is 82.4 Å². The molecule has 144 valence electrons. The van der Waals surface area contributed by atoms with E-state index in [9.17, 15) is 0 Å². The molecule has 5 nitrogen and oxygen atoms in total. The summed E-state index contributed by atoms with van der Waals surface area (Å²) in [4.78, 5) is 5.00. The number of ether oxygens (including phenoxy) is 1. The van der Waals surface area contributed by atoms with Gasteiger partial charge in [0.1, 0.15) is 11.5 Å². The van der Waals surface area contributed by atoms with E-state index in [2.05, 4.69) is 41.1 Å². The standard InChI is InChI=1S/C24H21N3O2/c1-16-23(18-10-12-19(28-2)13-11-18)24-25-20(22-9-6-14-29-22)15-21(27(24)26-16)17-7-4-3-5-8-17/h3-14,21H,15H2,1-2H3/t21-/m1/s1. The zero-order chi connectivity index (χ0) is 19.8. The molecule has 1 atom stereocenters. The Bertz CT molecular complexity index is 1160. The normalized spacial score (nSPS) is 15.7. The van der Waals surface area contributed by atoms with Crippen LogP contribution in [0.1, 0.15) is 29.5 Å². The highest BCUT2D eigenvalue weighted by atomic mass is 16.5. The number of hydrogen-bond donors (Lipinski definition) is 0. The number of benzene rings is 2. The third-order valence-corrected chi connectivity index (χ3v) is 5.35. The number of nitrogens with zero attached hydrogens (tertiary/aromatic N) is 3. The smallest absolute Gasteiger partial charge is 0.159 e. The Hall–Kier alpha value is -3.60. The molecule has 29 heavy (non-hydrogen) atoms. The van der Waals surface area contributed by atoms with Crippen molar-refractivity contribution in [3.05, 3.63) is 90.0 Å². The minimum atomic E-state index is 0.0644. The largest absolute Gasteiger partial charge is 0.497 e. The van der Waals surface area contributed by atoms with Crippen LogP contribution >= 0.6 is 0 Å². The van der Waals surface area contributed by atoms with E-state index in [0.717, 1.165) is 46.3 Å². The lowest BCUT2D eigenvalue weighted by Crippen LogP contribution is -2.21. The molecule has 5 rings (SSSR count). The summed E-state index contributed by atoms with van der Waals surface area (Å²) in [5.74, 6) is 2.49. The SMILES string of the molecule is COc1ccc(-c2c(C)nn3c2N=C(c2ccco2)C[C@@H]3c2ccccc2)cc1. The molecule has 0 N–H and O–H groups in total. The highest BCUT2D eigenvalue weighted by Gasteiger charge is 2.30. The van der Waals surface area contributed by atoms with E-state index in [4.69, 9.17) is 19.2 Å². The number of methoxy groups -OCH3 is 1. The van der Waals surface area contributed by atoms with Gasteiger partial charge in [-0.1, -0.05) is 42.5 Å². The Kier molecular flexibility index (Phi) is 4.28. The Morgan fingerprint density at radius 1 is 1.00 bits per heavy atom. The van der Waals surface area contributed by atoms with Gasteiger partial charge >= 0.3 is 0 Å². The van der Waals surface area contributed by atoms with E-state index in [1.807, 2.05) is 37.3 Å². The average molecular weight is 383 g/mol. The van der Waals surface area contributed by atoms with Crippen molar-refractivity contribution in [2.75, 3.05) is 7.11 Å². The van der Waals surface area contributed by atoms with Gasteiger partial charge in [-0.05, 0) is 42.3 Å². The summed E-state index contributed by atoms with van der Waals surface area (Å²) in [7, 11) is 1.67. The maximum atomic E-state index is 5.68. The van der Waals surface area contributed by atoms with Crippen molar-refractivity contribution in [3.63, 3.8) is 0 Å². The van der Waals surface area contributed by atoms with Crippen LogP contribution in [0.25, 0.3) is 11.1 Å². The first-order valence-electron chi connectivity index (χ1n) is 9.64. The van der Waals surface area contributed by atoms with Crippen molar-refractivity contribution < 1.29 is 9.15 Å². The zero-order valence-electron chi connectivity index (χ0n) is 16.4. The van der Waals surface area contributed by atoms with Crippen LogP contribution < -0.4 is 4.74 Å². The van der Waals surface area contributed by atoms with Gasteiger partial charge < -0.3 is 9.15 Å². The second kappa shape index (κ2) is 7.09. The number of rotatable bonds is 4. The molecule has 3 heterocycles. The molecule has 2 aromatic heterocycles. The first-order valence-corrected chi connectivity index (χ1v) is 9.64. The molecule has 5 heteroatoms. The third-order valence-electron chi connectivity index (χ3n) is 5.35. The average Bonchev–Trinajstić information content (AvgIpc) is 3.41. The quantitative estimate of drug-likeness (QED) is 0.463. The summed E-state index contributed by atoms with van der Waals surface area (Å²) in [6, 6.07) is 22.4. The molecule has 0 saturated carbocycles. The van der Waals surface area contributed by atoms with Gasteiger partial charge in [0.2, 0.25) is 0 Å². The maximum absolute atomic E-state index is 5.68. The molecule has 0 radical (unpaired) electrons. The highest BCUT2D eigenvalue weighted by Crippen LogP contribution is 2.42. The van der Waals surface area contributed by atoms with Crippen LogP contribution in [-0.4, -0.2) is 22.6 Å². The van der Waals surface area contributed by atoms with Crippen molar-refractivity contribution in [2.24, 2.45) is 4.99 Å².